The number of aromatic nitrogens is 3. The Kier molecular flexibility index (Phi) is 3.96. The van der Waals surface area contributed by atoms with Crippen LogP contribution in [0.15, 0.2) is 34.0 Å². The van der Waals surface area contributed by atoms with E-state index in [-0.39, 0.29) is 10.8 Å². The van der Waals surface area contributed by atoms with Gasteiger partial charge in [0.2, 0.25) is 0 Å². The zero-order chi connectivity index (χ0) is 14.9. The molecular formula is C12H14BrN5O2S. The fraction of sp³-hybridized carbons (Fsp3) is 0.333. The molecule has 0 saturated heterocycles. The van der Waals surface area contributed by atoms with E-state index in [1.165, 1.54) is 12.4 Å². The molecule has 2 heterocycles. The molecule has 2 aromatic rings. The summed E-state index contributed by atoms with van der Waals surface area (Å²) < 4.78 is 27.9. The third-order valence-corrected chi connectivity index (χ3v) is 4.91. The minimum Gasteiger partial charge on any atom is -0.310 e. The van der Waals surface area contributed by atoms with E-state index in [2.05, 4.69) is 41.2 Å². The van der Waals surface area contributed by atoms with Gasteiger partial charge in [-0.1, -0.05) is 0 Å². The summed E-state index contributed by atoms with van der Waals surface area (Å²) in [5, 5.41) is 9.71. The van der Waals surface area contributed by atoms with Crippen LogP contribution in [-0.4, -0.2) is 29.6 Å². The van der Waals surface area contributed by atoms with Gasteiger partial charge in [0.1, 0.15) is 5.82 Å². The molecule has 9 heteroatoms. The van der Waals surface area contributed by atoms with Crippen molar-refractivity contribution in [3.05, 3.63) is 34.6 Å². The van der Waals surface area contributed by atoms with E-state index in [9.17, 15) is 8.42 Å². The molecule has 0 atom stereocenters. The highest BCUT2D eigenvalue weighted by atomic mass is 79.9. The molecule has 7 nitrogen and oxygen atoms in total. The smallest absolute Gasteiger partial charge is 0.280 e. The minimum atomic E-state index is -3.73. The van der Waals surface area contributed by atoms with Crippen molar-refractivity contribution in [2.45, 2.75) is 30.5 Å². The van der Waals surface area contributed by atoms with E-state index in [1.54, 1.807) is 12.1 Å². The van der Waals surface area contributed by atoms with E-state index >= 15 is 0 Å². The predicted molar refractivity (Wildman–Crippen MR) is 81.2 cm³/mol. The molecule has 0 aliphatic heterocycles. The molecule has 0 amide bonds. The third-order valence-electron chi connectivity index (χ3n) is 3.07. The zero-order valence-electron chi connectivity index (χ0n) is 11.0. The lowest BCUT2D eigenvalue weighted by Gasteiger charge is -2.08. The lowest BCUT2D eigenvalue weighted by Crippen LogP contribution is -2.20. The van der Waals surface area contributed by atoms with Crippen LogP contribution in [0.2, 0.25) is 0 Å². The van der Waals surface area contributed by atoms with Gasteiger partial charge in [0.05, 0.1) is 6.20 Å². The van der Waals surface area contributed by atoms with Gasteiger partial charge in [-0.15, -0.1) is 0 Å². The summed E-state index contributed by atoms with van der Waals surface area (Å²) in [6, 6.07) is 3.80. The van der Waals surface area contributed by atoms with Crippen molar-refractivity contribution in [3.8, 4) is 0 Å². The summed E-state index contributed by atoms with van der Waals surface area (Å²) in [6.45, 7) is 0.477. The van der Waals surface area contributed by atoms with Crippen LogP contribution in [0.25, 0.3) is 0 Å². The highest BCUT2D eigenvalue weighted by Gasteiger charge is 2.24. The third kappa shape index (κ3) is 3.60. The Hall–Kier alpha value is -1.45. The second-order valence-corrected chi connectivity index (χ2v) is 7.38. The molecule has 21 heavy (non-hydrogen) atoms. The van der Waals surface area contributed by atoms with E-state index in [1.807, 2.05) is 0 Å². The number of aromatic amines is 1. The van der Waals surface area contributed by atoms with Gasteiger partial charge in [0, 0.05) is 28.8 Å². The quantitative estimate of drug-likeness (QED) is 0.716. The summed E-state index contributed by atoms with van der Waals surface area (Å²) in [5.74, 6) is 0.258. The maximum absolute atomic E-state index is 12.4. The van der Waals surface area contributed by atoms with Crippen molar-refractivity contribution in [2.75, 3.05) is 4.72 Å². The number of hydrogen-bond donors (Lipinski definition) is 3. The molecule has 0 unspecified atom stereocenters. The van der Waals surface area contributed by atoms with Gasteiger partial charge in [-0.2, -0.15) is 13.5 Å². The Morgan fingerprint density at radius 3 is 2.81 bits per heavy atom. The Bertz CT molecular complexity index is 724. The Morgan fingerprint density at radius 2 is 2.14 bits per heavy atom. The lowest BCUT2D eigenvalue weighted by atomic mass is 10.3. The highest BCUT2D eigenvalue weighted by Crippen LogP contribution is 2.21. The molecule has 0 bridgehead atoms. The summed E-state index contributed by atoms with van der Waals surface area (Å²) in [7, 11) is -3.73. The fourth-order valence-electron chi connectivity index (χ4n) is 1.82. The summed E-state index contributed by atoms with van der Waals surface area (Å²) >= 11 is 3.25. The number of nitrogens with zero attached hydrogens (tertiary/aromatic N) is 2. The van der Waals surface area contributed by atoms with Crippen molar-refractivity contribution in [2.24, 2.45) is 0 Å². The zero-order valence-corrected chi connectivity index (χ0v) is 13.4. The summed E-state index contributed by atoms with van der Waals surface area (Å²) in [6.07, 6.45) is 5.33. The number of sulfonamides is 1. The van der Waals surface area contributed by atoms with E-state index in [0.29, 0.717) is 18.2 Å². The SMILES string of the molecule is O=S(=O)(Nc1ccc(Br)cn1)c1[nH]ncc1CNC1CC1. The van der Waals surface area contributed by atoms with Crippen molar-refractivity contribution in [1.82, 2.24) is 20.5 Å². The summed E-state index contributed by atoms with van der Waals surface area (Å²) in [4.78, 5) is 4.00. The molecular weight excluding hydrogens is 358 g/mol. The Labute approximate surface area is 130 Å². The van der Waals surface area contributed by atoms with Crippen LogP contribution >= 0.6 is 15.9 Å². The number of rotatable bonds is 6. The highest BCUT2D eigenvalue weighted by molar-refractivity contribution is 9.10. The number of hydrogen-bond acceptors (Lipinski definition) is 5. The molecule has 0 radical (unpaired) electrons. The normalized spacial score (nSPS) is 15.1. The molecule has 0 aromatic carbocycles. The van der Waals surface area contributed by atoms with Gasteiger partial charge in [0.15, 0.2) is 5.03 Å². The minimum absolute atomic E-state index is 0.0698. The molecule has 112 valence electrons. The van der Waals surface area contributed by atoms with Gasteiger partial charge in [-0.3, -0.25) is 9.82 Å². The Morgan fingerprint density at radius 1 is 1.33 bits per heavy atom. The van der Waals surface area contributed by atoms with Crippen LogP contribution in [0.3, 0.4) is 0 Å². The van der Waals surface area contributed by atoms with Crippen molar-refractivity contribution < 1.29 is 8.42 Å². The first-order valence-electron chi connectivity index (χ1n) is 6.44. The van der Waals surface area contributed by atoms with Crippen LogP contribution in [-0.2, 0) is 16.6 Å². The topological polar surface area (TPSA) is 99.8 Å². The van der Waals surface area contributed by atoms with Crippen LogP contribution in [0.5, 0.6) is 0 Å². The van der Waals surface area contributed by atoms with Crippen molar-refractivity contribution >= 4 is 31.8 Å². The number of anilines is 1. The maximum Gasteiger partial charge on any atom is 0.280 e. The fourth-order valence-corrected chi connectivity index (χ4v) is 3.20. The molecule has 2 aromatic heterocycles. The first-order chi connectivity index (χ1) is 10.0. The molecule has 1 fully saturated rings. The van der Waals surface area contributed by atoms with Crippen molar-refractivity contribution in [3.63, 3.8) is 0 Å². The van der Waals surface area contributed by atoms with Gasteiger partial charge < -0.3 is 5.32 Å². The molecule has 3 rings (SSSR count). The number of pyridine rings is 1. The van der Waals surface area contributed by atoms with Gasteiger partial charge in [-0.25, -0.2) is 4.98 Å². The number of halogens is 1. The van der Waals surface area contributed by atoms with E-state index < -0.39 is 10.0 Å². The van der Waals surface area contributed by atoms with Gasteiger partial charge in [-0.05, 0) is 40.9 Å². The molecule has 1 aliphatic carbocycles. The second kappa shape index (κ2) is 5.74. The molecule has 3 N–H and O–H groups in total. The first-order valence-corrected chi connectivity index (χ1v) is 8.72. The molecule has 1 saturated carbocycles. The first kappa shape index (κ1) is 14.5. The predicted octanol–water partition coefficient (Wildman–Crippen LogP) is 1.62. The van der Waals surface area contributed by atoms with Crippen LogP contribution in [0, 0.1) is 0 Å². The van der Waals surface area contributed by atoms with Crippen LogP contribution in [0.4, 0.5) is 5.82 Å². The van der Waals surface area contributed by atoms with Gasteiger partial charge >= 0.3 is 0 Å². The van der Waals surface area contributed by atoms with Crippen molar-refractivity contribution in [1.29, 1.82) is 0 Å². The standard InChI is InChI=1S/C12H14BrN5O2S/c13-9-1-4-11(15-7-9)18-21(19,20)12-8(6-16-17-12)5-14-10-2-3-10/h1,4,6-7,10,14H,2-3,5H2,(H,15,18)(H,16,17). The number of nitrogens with one attached hydrogen (secondary N) is 3. The van der Waals surface area contributed by atoms with Crippen LogP contribution in [0.1, 0.15) is 18.4 Å². The average Bonchev–Trinajstić information content (AvgIpc) is 3.14. The van der Waals surface area contributed by atoms with Crippen LogP contribution < -0.4 is 10.0 Å². The van der Waals surface area contributed by atoms with E-state index in [0.717, 1.165) is 17.3 Å². The largest absolute Gasteiger partial charge is 0.310 e. The maximum atomic E-state index is 12.4. The molecule has 0 spiro atoms. The van der Waals surface area contributed by atoms with Gasteiger partial charge in [0.25, 0.3) is 10.0 Å². The average molecular weight is 372 g/mol. The molecule has 1 aliphatic rings. The summed E-state index contributed by atoms with van der Waals surface area (Å²) in [5.41, 5.74) is 0.617. The number of H-pyrrole nitrogens is 1. The Balaban J connectivity index is 1.77. The van der Waals surface area contributed by atoms with E-state index in [4.69, 9.17) is 0 Å². The second-order valence-electron chi connectivity index (χ2n) is 4.85. The lowest BCUT2D eigenvalue weighted by molar-refractivity contribution is 0.593. The monoisotopic (exact) mass is 371 g/mol.